The molecule has 6 nitrogen and oxygen atoms in total. The predicted octanol–water partition coefficient (Wildman–Crippen LogP) is 5.23. The largest absolute Gasteiger partial charge is 0.503 e. The van der Waals surface area contributed by atoms with Gasteiger partial charge in [-0.2, -0.15) is 0 Å². The molecule has 36 heavy (non-hydrogen) atoms. The minimum Gasteiger partial charge on any atom is -0.503 e. The fraction of sp³-hybridized carbons (Fsp3) is 0.333. The summed E-state index contributed by atoms with van der Waals surface area (Å²) in [5.41, 5.74) is 3.60. The van der Waals surface area contributed by atoms with Crippen molar-refractivity contribution in [3.63, 3.8) is 0 Å². The van der Waals surface area contributed by atoms with Crippen molar-refractivity contribution in [2.24, 2.45) is 0 Å². The SMILES string of the molecule is O=c1ccn2c(c1O)-c1ncc(CNC3CCCCC3)n1C[C@@H]2C(c1ccccc1)c1ccccc1. The summed E-state index contributed by atoms with van der Waals surface area (Å²) >= 11 is 0. The maximum absolute atomic E-state index is 12.5. The van der Waals surface area contributed by atoms with Crippen LogP contribution in [0.1, 0.15) is 60.9 Å². The van der Waals surface area contributed by atoms with E-state index in [1.54, 1.807) is 0 Å². The molecule has 0 spiro atoms. The molecule has 2 aromatic heterocycles. The quantitative estimate of drug-likeness (QED) is 0.397. The van der Waals surface area contributed by atoms with Gasteiger partial charge in [-0.25, -0.2) is 4.98 Å². The van der Waals surface area contributed by atoms with Crippen molar-refractivity contribution in [1.29, 1.82) is 0 Å². The van der Waals surface area contributed by atoms with E-state index in [4.69, 9.17) is 4.98 Å². The molecule has 184 valence electrons. The third-order valence-electron chi connectivity index (χ3n) is 7.86. The van der Waals surface area contributed by atoms with Gasteiger partial charge in [0.1, 0.15) is 5.69 Å². The molecule has 0 saturated heterocycles. The van der Waals surface area contributed by atoms with E-state index in [1.165, 1.54) is 49.3 Å². The Morgan fingerprint density at radius 3 is 2.28 bits per heavy atom. The van der Waals surface area contributed by atoms with Gasteiger partial charge < -0.3 is 19.6 Å². The van der Waals surface area contributed by atoms with Crippen LogP contribution in [0, 0.1) is 0 Å². The van der Waals surface area contributed by atoms with Crippen molar-refractivity contribution < 1.29 is 5.11 Å². The van der Waals surface area contributed by atoms with Crippen molar-refractivity contribution in [2.45, 2.75) is 63.2 Å². The number of imidazole rings is 1. The van der Waals surface area contributed by atoms with Crippen LogP contribution in [0.3, 0.4) is 0 Å². The highest BCUT2D eigenvalue weighted by Gasteiger charge is 2.35. The number of aromatic hydroxyl groups is 1. The second-order valence-electron chi connectivity index (χ2n) is 10.1. The predicted molar refractivity (Wildman–Crippen MR) is 141 cm³/mol. The molecule has 4 aromatic rings. The second kappa shape index (κ2) is 9.78. The van der Waals surface area contributed by atoms with E-state index in [1.807, 2.05) is 24.5 Å². The molecule has 2 N–H and O–H groups in total. The van der Waals surface area contributed by atoms with Gasteiger partial charge in [-0.1, -0.05) is 79.9 Å². The molecule has 2 aliphatic rings. The van der Waals surface area contributed by atoms with Gasteiger partial charge in [0, 0.05) is 37.3 Å². The summed E-state index contributed by atoms with van der Waals surface area (Å²) in [5, 5.41) is 14.7. The van der Waals surface area contributed by atoms with Gasteiger partial charge >= 0.3 is 0 Å². The third-order valence-corrected chi connectivity index (χ3v) is 7.86. The van der Waals surface area contributed by atoms with Crippen molar-refractivity contribution in [3.8, 4) is 17.3 Å². The van der Waals surface area contributed by atoms with E-state index in [9.17, 15) is 9.90 Å². The lowest BCUT2D eigenvalue weighted by atomic mass is 9.83. The fourth-order valence-corrected chi connectivity index (χ4v) is 6.04. The number of hydrogen-bond donors (Lipinski definition) is 2. The molecule has 0 radical (unpaired) electrons. The van der Waals surface area contributed by atoms with Crippen molar-refractivity contribution >= 4 is 0 Å². The Morgan fingerprint density at radius 2 is 1.61 bits per heavy atom. The van der Waals surface area contributed by atoms with Gasteiger partial charge in [0.25, 0.3) is 0 Å². The molecule has 0 unspecified atom stereocenters. The van der Waals surface area contributed by atoms with Crippen molar-refractivity contribution in [2.75, 3.05) is 0 Å². The molecular formula is C30H32N4O2. The molecule has 2 aromatic carbocycles. The topological polar surface area (TPSA) is 72.1 Å². The molecule has 1 atom stereocenters. The first-order valence-corrected chi connectivity index (χ1v) is 13.0. The lowest BCUT2D eigenvalue weighted by molar-refractivity contribution is 0.346. The van der Waals surface area contributed by atoms with Gasteiger partial charge in [-0.3, -0.25) is 4.79 Å². The first kappa shape index (κ1) is 22.8. The van der Waals surface area contributed by atoms with Crippen molar-refractivity contribution in [1.82, 2.24) is 19.4 Å². The van der Waals surface area contributed by atoms with E-state index in [2.05, 4.69) is 63.0 Å². The highest BCUT2D eigenvalue weighted by molar-refractivity contribution is 5.62. The Bertz CT molecular complexity index is 1350. The van der Waals surface area contributed by atoms with Crippen LogP contribution < -0.4 is 10.7 Å². The Labute approximate surface area is 211 Å². The molecule has 1 aliphatic carbocycles. The van der Waals surface area contributed by atoms with Crippen LogP contribution in [0.15, 0.2) is 83.9 Å². The van der Waals surface area contributed by atoms with Gasteiger partial charge in [-0.15, -0.1) is 0 Å². The zero-order chi connectivity index (χ0) is 24.5. The minimum atomic E-state index is -0.380. The lowest BCUT2D eigenvalue weighted by Gasteiger charge is -2.36. The van der Waals surface area contributed by atoms with Crippen LogP contribution in [0.4, 0.5) is 0 Å². The summed E-state index contributed by atoms with van der Waals surface area (Å²) in [4.78, 5) is 17.2. The van der Waals surface area contributed by atoms with Gasteiger partial charge in [0.2, 0.25) is 5.43 Å². The Morgan fingerprint density at radius 1 is 0.944 bits per heavy atom. The molecule has 1 aliphatic heterocycles. The monoisotopic (exact) mass is 480 g/mol. The summed E-state index contributed by atoms with van der Waals surface area (Å²) < 4.78 is 4.26. The zero-order valence-electron chi connectivity index (χ0n) is 20.4. The third kappa shape index (κ3) is 4.16. The van der Waals surface area contributed by atoms with E-state index < -0.39 is 0 Å². The highest BCUT2D eigenvalue weighted by Crippen LogP contribution is 2.43. The summed E-state index contributed by atoms with van der Waals surface area (Å²) in [6.07, 6.45) is 10.0. The maximum Gasteiger partial charge on any atom is 0.223 e. The lowest BCUT2D eigenvalue weighted by Crippen LogP contribution is -2.34. The van der Waals surface area contributed by atoms with Crippen LogP contribution >= 0.6 is 0 Å². The fourth-order valence-electron chi connectivity index (χ4n) is 6.04. The van der Waals surface area contributed by atoms with E-state index in [-0.39, 0.29) is 23.1 Å². The van der Waals surface area contributed by atoms with Gasteiger partial charge in [0.05, 0.1) is 17.9 Å². The maximum atomic E-state index is 12.5. The summed E-state index contributed by atoms with van der Waals surface area (Å²) in [6.45, 7) is 1.42. The molecule has 3 heterocycles. The van der Waals surface area contributed by atoms with Gasteiger partial charge in [-0.05, 0) is 24.0 Å². The molecule has 6 rings (SSSR count). The number of aromatic nitrogens is 3. The first-order valence-electron chi connectivity index (χ1n) is 13.0. The minimum absolute atomic E-state index is 0.0303. The summed E-state index contributed by atoms with van der Waals surface area (Å²) in [5.74, 6) is 0.449. The molecule has 1 saturated carbocycles. The normalized spacial score (nSPS) is 17.6. The summed E-state index contributed by atoms with van der Waals surface area (Å²) in [7, 11) is 0. The zero-order valence-corrected chi connectivity index (χ0v) is 20.4. The average molecular weight is 481 g/mol. The molecule has 6 heteroatoms. The number of hydrogen-bond acceptors (Lipinski definition) is 4. The van der Waals surface area contributed by atoms with E-state index >= 15 is 0 Å². The van der Waals surface area contributed by atoms with Crippen LogP contribution in [0.2, 0.25) is 0 Å². The molecule has 0 bridgehead atoms. The van der Waals surface area contributed by atoms with Crippen LogP contribution in [-0.2, 0) is 13.1 Å². The second-order valence-corrected chi connectivity index (χ2v) is 10.1. The van der Waals surface area contributed by atoms with Gasteiger partial charge in [0.15, 0.2) is 11.6 Å². The Hall–Kier alpha value is -3.64. The molecular weight excluding hydrogens is 448 g/mol. The van der Waals surface area contributed by atoms with Crippen LogP contribution in [-0.4, -0.2) is 25.3 Å². The average Bonchev–Trinajstić information content (AvgIpc) is 3.34. The van der Waals surface area contributed by atoms with Crippen LogP contribution in [0.5, 0.6) is 5.75 Å². The van der Waals surface area contributed by atoms with Crippen LogP contribution in [0.25, 0.3) is 11.5 Å². The number of pyridine rings is 1. The number of fused-ring (bicyclic) bond motifs is 3. The number of rotatable bonds is 6. The Kier molecular flexibility index (Phi) is 6.20. The molecule has 0 amide bonds. The summed E-state index contributed by atoms with van der Waals surface area (Å²) in [6, 6.07) is 22.9. The number of benzene rings is 2. The van der Waals surface area contributed by atoms with E-state index in [0.717, 1.165) is 12.2 Å². The van der Waals surface area contributed by atoms with E-state index in [0.29, 0.717) is 24.1 Å². The first-order chi connectivity index (χ1) is 17.7. The van der Waals surface area contributed by atoms with Crippen molar-refractivity contribution in [3.05, 3.63) is 106 Å². The highest BCUT2D eigenvalue weighted by atomic mass is 16.3. The Balaban J connectivity index is 1.45. The number of nitrogens with one attached hydrogen (secondary N) is 1. The standard InChI is InChI=1S/C30H32N4O2/c35-26-16-17-33-25(27(21-10-4-1-5-11-21)22-12-6-2-7-13-22)20-34-24(18-31-23-14-8-3-9-15-23)19-32-30(34)28(33)29(26)36/h1-2,4-7,10-13,16-17,19,23,25,27,31,36H,3,8-9,14-15,18,20H2/t25-/m1/s1. The molecule has 1 fully saturated rings. The number of nitrogens with zero attached hydrogens (tertiary/aromatic N) is 3. The smallest absolute Gasteiger partial charge is 0.223 e.